The Morgan fingerprint density at radius 2 is 2.11 bits per heavy atom. The Morgan fingerprint density at radius 1 is 1.44 bits per heavy atom. The Balaban J connectivity index is 1.83. The molecule has 18 heavy (non-hydrogen) atoms. The highest BCUT2D eigenvalue weighted by Gasteiger charge is 2.17. The number of likely N-dealkylation sites (tertiary alicyclic amines) is 1. The summed E-state index contributed by atoms with van der Waals surface area (Å²) in [6.07, 6.45) is 2.27. The van der Waals surface area contributed by atoms with Crippen molar-refractivity contribution in [2.24, 2.45) is 7.05 Å². The number of amides is 1. The highest BCUT2D eigenvalue weighted by atomic mass is 79.9. The molecule has 0 aliphatic carbocycles. The summed E-state index contributed by atoms with van der Waals surface area (Å²) in [6, 6.07) is 0. The minimum absolute atomic E-state index is 0.197. The van der Waals surface area contributed by atoms with Gasteiger partial charge in [-0.05, 0) is 35.7 Å². The van der Waals surface area contributed by atoms with E-state index in [0.717, 1.165) is 41.8 Å². The van der Waals surface area contributed by atoms with Crippen LogP contribution in [-0.2, 0) is 18.4 Å². The fourth-order valence-corrected chi connectivity index (χ4v) is 2.71. The fraction of sp³-hybridized carbons (Fsp3) is 0.667. The topological polar surface area (TPSA) is 50.2 Å². The molecule has 1 aliphatic rings. The molecule has 0 spiro atoms. The quantitative estimate of drug-likeness (QED) is 0.908. The van der Waals surface area contributed by atoms with Gasteiger partial charge in [-0.3, -0.25) is 9.48 Å². The van der Waals surface area contributed by atoms with Gasteiger partial charge in [-0.25, -0.2) is 0 Å². The van der Waals surface area contributed by atoms with Crippen molar-refractivity contribution in [3.8, 4) is 0 Å². The van der Waals surface area contributed by atoms with E-state index in [2.05, 4.69) is 26.3 Å². The van der Waals surface area contributed by atoms with E-state index in [4.69, 9.17) is 0 Å². The van der Waals surface area contributed by atoms with E-state index in [0.29, 0.717) is 13.1 Å². The maximum atomic E-state index is 11.8. The Morgan fingerprint density at radius 3 is 2.67 bits per heavy atom. The van der Waals surface area contributed by atoms with Crippen LogP contribution in [0.3, 0.4) is 0 Å². The maximum Gasteiger partial charge on any atom is 0.236 e. The van der Waals surface area contributed by atoms with Gasteiger partial charge in [0.25, 0.3) is 0 Å². The third kappa shape index (κ3) is 2.92. The summed E-state index contributed by atoms with van der Waals surface area (Å²) in [5.74, 6) is 0.197. The predicted molar refractivity (Wildman–Crippen MR) is 73.2 cm³/mol. The summed E-state index contributed by atoms with van der Waals surface area (Å²) in [5.41, 5.74) is 2.04. The van der Waals surface area contributed by atoms with Gasteiger partial charge < -0.3 is 10.2 Å². The molecule has 0 aromatic carbocycles. The van der Waals surface area contributed by atoms with E-state index >= 15 is 0 Å². The van der Waals surface area contributed by atoms with Crippen LogP contribution >= 0.6 is 15.9 Å². The molecule has 1 aromatic rings. The molecule has 1 aliphatic heterocycles. The van der Waals surface area contributed by atoms with Crippen molar-refractivity contribution in [3.05, 3.63) is 15.9 Å². The number of hydrogen-bond donors (Lipinski definition) is 1. The van der Waals surface area contributed by atoms with Crippen LogP contribution in [0, 0.1) is 6.92 Å². The molecule has 1 aromatic heterocycles. The molecule has 1 fully saturated rings. The molecule has 1 amide bonds. The van der Waals surface area contributed by atoms with E-state index in [1.807, 2.05) is 23.6 Å². The number of aryl methyl sites for hydroxylation is 2. The summed E-state index contributed by atoms with van der Waals surface area (Å²) in [4.78, 5) is 13.8. The Bertz CT molecular complexity index is 438. The van der Waals surface area contributed by atoms with Crippen molar-refractivity contribution in [1.29, 1.82) is 0 Å². The molecule has 2 rings (SSSR count). The van der Waals surface area contributed by atoms with Crippen LogP contribution in [0.2, 0.25) is 0 Å². The van der Waals surface area contributed by atoms with Crippen molar-refractivity contribution < 1.29 is 4.79 Å². The molecule has 0 saturated carbocycles. The number of carbonyl (C=O) groups is 1. The van der Waals surface area contributed by atoms with Crippen LogP contribution in [0.5, 0.6) is 0 Å². The number of halogens is 1. The monoisotopic (exact) mass is 314 g/mol. The second-order valence-electron chi connectivity index (χ2n) is 4.66. The van der Waals surface area contributed by atoms with Crippen molar-refractivity contribution in [3.63, 3.8) is 0 Å². The molecule has 0 radical (unpaired) electrons. The normalized spacial score (nSPS) is 15.4. The summed E-state index contributed by atoms with van der Waals surface area (Å²) in [5, 5.41) is 7.51. The van der Waals surface area contributed by atoms with Gasteiger partial charge in [0, 0.05) is 26.7 Å². The van der Waals surface area contributed by atoms with Crippen LogP contribution in [-0.4, -0.2) is 40.2 Å². The number of rotatable bonds is 4. The van der Waals surface area contributed by atoms with Crippen molar-refractivity contribution in [1.82, 2.24) is 20.0 Å². The minimum atomic E-state index is 0.197. The first-order chi connectivity index (χ1) is 8.59. The lowest BCUT2D eigenvalue weighted by atomic mass is 10.3. The van der Waals surface area contributed by atoms with Crippen LogP contribution in [0.15, 0.2) is 4.47 Å². The van der Waals surface area contributed by atoms with Crippen LogP contribution < -0.4 is 5.32 Å². The number of carbonyl (C=O) groups excluding carboxylic acids is 1. The molecule has 2 heterocycles. The molecular weight excluding hydrogens is 296 g/mol. The summed E-state index contributed by atoms with van der Waals surface area (Å²) < 4.78 is 2.86. The van der Waals surface area contributed by atoms with Gasteiger partial charge >= 0.3 is 0 Å². The lowest BCUT2D eigenvalue weighted by Gasteiger charge is -2.15. The fourth-order valence-electron chi connectivity index (χ4n) is 2.24. The molecule has 5 nitrogen and oxygen atoms in total. The molecule has 1 saturated heterocycles. The lowest BCUT2D eigenvalue weighted by molar-refractivity contribution is -0.129. The molecule has 0 bridgehead atoms. The third-order valence-corrected chi connectivity index (χ3v) is 4.32. The van der Waals surface area contributed by atoms with E-state index in [-0.39, 0.29) is 5.91 Å². The van der Waals surface area contributed by atoms with Gasteiger partial charge in [-0.15, -0.1) is 0 Å². The highest BCUT2D eigenvalue weighted by Crippen LogP contribution is 2.19. The predicted octanol–water partition coefficient (Wildman–Crippen LogP) is 1.20. The van der Waals surface area contributed by atoms with E-state index < -0.39 is 0 Å². The molecule has 0 atom stereocenters. The van der Waals surface area contributed by atoms with Crippen molar-refractivity contribution in [2.45, 2.75) is 26.3 Å². The Hall–Kier alpha value is -0.880. The zero-order chi connectivity index (χ0) is 13.1. The molecule has 0 unspecified atom stereocenters. The Kier molecular flexibility index (Phi) is 4.40. The summed E-state index contributed by atoms with van der Waals surface area (Å²) in [7, 11) is 1.91. The molecule has 6 heteroatoms. The number of nitrogens with zero attached hydrogens (tertiary/aromatic N) is 3. The number of aromatic nitrogens is 2. The standard InChI is InChI=1S/C12H19BrN4O/c1-9-12(13)10(16(2)15-9)7-14-8-11(18)17-5-3-4-6-17/h14H,3-8H2,1-2H3. The average Bonchev–Trinajstić information content (AvgIpc) is 2.93. The van der Waals surface area contributed by atoms with Gasteiger partial charge in [0.05, 0.1) is 22.4 Å². The number of hydrogen-bond acceptors (Lipinski definition) is 3. The summed E-state index contributed by atoms with van der Waals surface area (Å²) >= 11 is 3.52. The van der Waals surface area contributed by atoms with E-state index in [9.17, 15) is 4.79 Å². The van der Waals surface area contributed by atoms with E-state index in [1.165, 1.54) is 0 Å². The van der Waals surface area contributed by atoms with Crippen molar-refractivity contribution in [2.75, 3.05) is 19.6 Å². The van der Waals surface area contributed by atoms with Crippen LogP contribution in [0.25, 0.3) is 0 Å². The minimum Gasteiger partial charge on any atom is -0.342 e. The summed E-state index contributed by atoms with van der Waals surface area (Å²) in [6.45, 7) is 4.83. The van der Waals surface area contributed by atoms with Gasteiger partial charge in [0.15, 0.2) is 0 Å². The van der Waals surface area contributed by atoms with Gasteiger partial charge in [0.1, 0.15) is 0 Å². The SMILES string of the molecule is Cc1nn(C)c(CNCC(=O)N2CCCC2)c1Br. The maximum absolute atomic E-state index is 11.8. The zero-order valence-electron chi connectivity index (χ0n) is 10.9. The van der Waals surface area contributed by atoms with Gasteiger partial charge in [-0.1, -0.05) is 0 Å². The van der Waals surface area contributed by atoms with Crippen LogP contribution in [0.1, 0.15) is 24.2 Å². The average molecular weight is 315 g/mol. The first kappa shape index (κ1) is 13.5. The molecular formula is C12H19BrN4O. The first-order valence-corrected chi connectivity index (χ1v) is 7.05. The molecule has 1 N–H and O–H groups in total. The number of nitrogens with one attached hydrogen (secondary N) is 1. The van der Waals surface area contributed by atoms with Gasteiger partial charge in [0.2, 0.25) is 5.91 Å². The second kappa shape index (κ2) is 5.84. The second-order valence-corrected chi connectivity index (χ2v) is 5.45. The lowest BCUT2D eigenvalue weighted by Crippen LogP contribution is -2.36. The van der Waals surface area contributed by atoms with Crippen LogP contribution in [0.4, 0.5) is 0 Å². The first-order valence-electron chi connectivity index (χ1n) is 6.26. The van der Waals surface area contributed by atoms with Gasteiger partial charge in [-0.2, -0.15) is 5.10 Å². The highest BCUT2D eigenvalue weighted by molar-refractivity contribution is 9.10. The largest absolute Gasteiger partial charge is 0.342 e. The van der Waals surface area contributed by atoms with Crippen molar-refractivity contribution >= 4 is 21.8 Å². The molecule has 100 valence electrons. The van der Waals surface area contributed by atoms with E-state index in [1.54, 1.807) is 0 Å². The Labute approximate surface area is 116 Å². The third-order valence-electron chi connectivity index (χ3n) is 3.29. The smallest absolute Gasteiger partial charge is 0.236 e. The zero-order valence-corrected chi connectivity index (χ0v) is 12.5.